The monoisotopic (exact) mass is 231 g/mol. The van der Waals surface area contributed by atoms with Crippen LogP contribution in [0.4, 0.5) is 5.82 Å². The van der Waals surface area contributed by atoms with Crippen LogP contribution in [0.5, 0.6) is 0 Å². The van der Waals surface area contributed by atoms with Gasteiger partial charge in [-0.05, 0) is 17.4 Å². The van der Waals surface area contributed by atoms with E-state index in [1.807, 2.05) is 6.92 Å². The Morgan fingerprint density at radius 2 is 2.35 bits per heavy atom. The van der Waals surface area contributed by atoms with E-state index in [1.54, 1.807) is 16.9 Å². The highest BCUT2D eigenvalue weighted by molar-refractivity contribution is 5.44. The van der Waals surface area contributed by atoms with E-state index in [-0.39, 0.29) is 6.04 Å². The Bertz CT molecular complexity index is 613. The SMILES string of the molecule is CC(Nc1cncc2nnnn12)c1ncn[nH]1. The third kappa shape index (κ3) is 1.67. The van der Waals surface area contributed by atoms with Crippen molar-refractivity contribution in [1.29, 1.82) is 0 Å². The number of rotatable bonds is 3. The van der Waals surface area contributed by atoms with Crippen LogP contribution in [-0.4, -0.2) is 40.2 Å². The molecule has 0 aliphatic heterocycles. The van der Waals surface area contributed by atoms with E-state index >= 15 is 0 Å². The summed E-state index contributed by atoms with van der Waals surface area (Å²) in [6.45, 7) is 1.95. The summed E-state index contributed by atoms with van der Waals surface area (Å²) < 4.78 is 1.57. The lowest BCUT2D eigenvalue weighted by Gasteiger charge is -2.11. The van der Waals surface area contributed by atoms with Crippen LogP contribution in [0.3, 0.4) is 0 Å². The predicted molar refractivity (Wildman–Crippen MR) is 57.0 cm³/mol. The molecule has 9 heteroatoms. The Morgan fingerprint density at radius 1 is 1.41 bits per heavy atom. The van der Waals surface area contributed by atoms with Crippen molar-refractivity contribution in [3.63, 3.8) is 0 Å². The maximum absolute atomic E-state index is 4.07. The molecule has 0 aromatic carbocycles. The first-order valence-electron chi connectivity index (χ1n) is 4.98. The summed E-state index contributed by atoms with van der Waals surface area (Å²) in [6.07, 6.45) is 4.70. The van der Waals surface area contributed by atoms with Crippen LogP contribution in [0.15, 0.2) is 18.7 Å². The zero-order valence-corrected chi connectivity index (χ0v) is 8.94. The fourth-order valence-electron chi connectivity index (χ4n) is 1.49. The van der Waals surface area contributed by atoms with Crippen molar-refractivity contribution < 1.29 is 0 Å². The number of aromatic amines is 1. The summed E-state index contributed by atoms with van der Waals surface area (Å²) in [4.78, 5) is 8.12. The van der Waals surface area contributed by atoms with E-state index in [1.165, 1.54) is 6.33 Å². The van der Waals surface area contributed by atoms with E-state index in [9.17, 15) is 0 Å². The van der Waals surface area contributed by atoms with Crippen LogP contribution >= 0.6 is 0 Å². The Kier molecular flexibility index (Phi) is 2.14. The highest BCUT2D eigenvalue weighted by atomic mass is 15.5. The summed E-state index contributed by atoms with van der Waals surface area (Å²) in [5.74, 6) is 1.42. The van der Waals surface area contributed by atoms with Crippen molar-refractivity contribution in [3.05, 3.63) is 24.5 Å². The quantitative estimate of drug-likeness (QED) is 0.642. The van der Waals surface area contributed by atoms with Crippen LogP contribution in [0.1, 0.15) is 18.8 Å². The zero-order valence-electron chi connectivity index (χ0n) is 8.94. The minimum absolute atomic E-state index is 0.0471. The van der Waals surface area contributed by atoms with Gasteiger partial charge in [-0.2, -0.15) is 9.61 Å². The third-order valence-electron chi connectivity index (χ3n) is 2.32. The molecule has 0 amide bonds. The van der Waals surface area contributed by atoms with E-state index in [4.69, 9.17) is 0 Å². The number of hydrogen-bond donors (Lipinski definition) is 2. The average molecular weight is 231 g/mol. The fraction of sp³-hybridized carbons (Fsp3) is 0.250. The van der Waals surface area contributed by atoms with Gasteiger partial charge in [0.25, 0.3) is 0 Å². The molecule has 1 unspecified atom stereocenters. The molecule has 1 atom stereocenters. The number of fused-ring (bicyclic) bond motifs is 1. The van der Waals surface area contributed by atoms with Gasteiger partial charge in [0.15, 0.2) is 11.5 Å². The van der Waals surface area contributed by atoms with Gasteiger partial charge in [-0.3, -0.25) is 10.1 Å². The van der Waals surface area contributed by atoms with Gasteiger partial charge in [0, 0.05) is 0 Å². The van der Waals surface area contributed by atoms with Gasteiger partial charge in [0.2, 0.25) is 0 Å². The fourth-order valence-corrected chi connectivity index (χ4v) is 1.49. The average Bonchev–Trinajstić information content (AvgIpc) is 3.00. The largest absolute Gasteiger partial charge is 0.359 e. The summed E-state index contributed by atoms with van der Waals surface area (Å²) in [5.41, 5.74) is 0.583. The summed E-state index contributed by atoms with van der Waals surface area (Å²) in [5, 5.41) is 21.0. The van der Waals surface area contributed by atoms with Crippen LogP contribution in [0, 0.1) is 0 Å². The summed E-state index contributed by atoms with van der Waals surface area (Å²) >= 11 is 0. The molecule has 3 rings (SSSR count). The second kappa shape index (κ2) is 3.77. The number of nitrogens with one attached hydrogen (secondary N) is 2. The maximum Gasteiger partial charge on any atom is 0.199 e. The Hall–Kier alpha value is -2.58. The van der Waals surface area contributed by atoms with Crippen molar-refractivity contribution >= 4 is 11.5 Å². The molecule has 3 aromatic heterocycles. The first-order chi connectivity index (χ1) is 8.34. The van der Waals surface area contributed by atoms with Gasteiger partial charge < -0.3 is 5.32 Å². The molecule has 17 heavy (non-hydrogen) atoms. The highest BCUT2D eigenvalue weighted by Crippen LogP contribution is 2.14. The summed E-state index contributed by atoms with van der Waals surface area (Å²) in [6, 6.07) is -0.0471. The molecule has 0 saturated carbocycles. The molecule has 0 aliphatic carbocycles. The van der Waals surface area contributed by atoms with Crippen molar-refractivity contribution in [2.24, 2.45) is 0 Å². The molecule has 3 aromatic rings. The van der Waals surface area contributed by atoms with Crippen LogP contribution < -0.4 is 5.32 Å². The minimum Gasteiger partial charge on any atom is -0.359 e. The van der Waals surface area contributed by atoms with Gasteiger partial charge in [-0.1, -0.05) is 0 Å². The number of aromatic nitrogens is 8. The predicted octanol–water partition coefficient (Wildman–Crippen LogP) is -0.190. The first-order valence-corrected chi connectivity index (χ1v) is 4.98. The minimum atomic E-state index is -0.0471. The van der Waals surface area contributed by atoms with Crippen molar-refractivity contribution in [2.45, 2.75) is 13.0 Å². The Labute approximate surface area is 95.3 Å². The number of H-pyrrole nitrogens is 1. The van der Waals surface area contributed by atoms with Gasteiger partial charge >= 0.3 is 0 Å². The molecular formula is C8H9N9. The second-order valence-corrected chi connectivity index (χ2v) is 3.48. The van der Waals surface area contributed by atoms with E-state index < -0.39 is 0 Å². The van der Waals surface area contributed by atoms with Crippen molar-refractivity contribution in [2.75, 3.05) is 5.32 Å². The van der Waals surface area contributed by atoms with Gasteiger partial charge in [0.05, 0.1) is 18.4 Å². The third-order valence-corrected chi connectivity index (χ3v) is 2.32. The molecule has 3 heterocycles. The molecule has 0 saturated heterocycles. The molecule has 2 N–H and O–H groups in total. The van der Waals surface area contributed by atoms with Crippen LogP contribution in [0.25, 0.3) is 5.65 Å². The van der Waals surface area contributed by atoms with Crippen LogP contribution in [-0.2, 0) is 0 Å². The van der Waals surface area contributed by atoms with E-state index in [2.05, 4.69) is 41.0 Å². The second-order valence-electron chi connectivity index (χ2n) is 3.48. The number of hydrogen-bond acceptors (Lipinski definition) is 7. The smallest absolute Gasteiger partial charge is 0.199 e. The molecule has 0 radical (unpaired) electrons. The molecule has 0 fully saturated rings. The molecule has 0 spiro atoms. The first kappa shape index (κ1) is 9.63. The normalized spacial score (nSPS) is 12.8. The highest BCUT2D eigenvalue weighted by Gasteiger charge is 2.11. The topological polar surface area (TPSA) is 110 Å². The molecule has 0 bridgehead atoms. The number of nitrogens with zero attached hydrogens (tertiary/aromatic N) is 7. The van der Waals surface area contributed by atoms with E-state index in [0.717, 1.165) is 5.82 Å². The lowest BCUT2D eigenvalue weighted by atomic mass is 10.3. The molecule has 9 nitrogen and oxygen atoms in total. The molecular weight excluding hydrogens is 222 g/mol. The Morgan fingerprint density at radius 3 is 3.18 bits per heavy atom. The zero-order chi connectivity index (χ0) is 11.7. The van der Waals surface area contributed by atoms with Gasteiger partial charge in [-0.15, -0.1) is 5.10 Å². The van der Waals surface area contributed by atoms with Crippen molar-refractivity contribution in [3.8, 4) is 0 Å². The number of tetrazole rings is 1. The van der Waals surface area contributed by atoms with Gasteiger partial charge in [0.1, 0.15) is 12.2 Å². The number of anilines is 1. The molecule has 86 valence electrons. The van der Waals surface area contributed by atoms with Crippen LogP contribution in [0.2, 0.25) is 0 Å². The lowest BCUT2D eigenvalue weighted by Crippen LogP contribution is -2.12. The van der Waals surface area contributed by atoms with E-state index in [0.29, 0.717) is 11.5 Å². The van der Waals surface area contributed by atoms with Gasteiger partial charge in [-0.25, -0.2) is 4.98 Å². The van der Waals surface area contributed by atoms with Crippen molar-refractivity contribution in [1.82, 2.24) is 40.2 Å². The standard InChI is InChI=1S/C8H9N9/c1-5(8-10-4-11-14-8)12-6-2-9-3-7-13-15-16-17(6)7/h2-5,12H,1H3,(H,10,11,14). The molecule has 0 aliphatic rings. The summed E-state index contributed by atoms with van der Waals surface area (Å²) in [7, 11) is 0. The Balaban J connectivity index is 1.92. The maximum atomic E-state index is 4.07. The lowest BCUT2D eigenvalue weighted by molar-refractivity contribution is 0.762.